The third kappa shape index (κ3) is 4.96. The van der Waals surface area contributed by atoms with E-state index in [1.807, 2.05) is 52.8 Å². The number of anilines is 1. The number of hydrogen-bond donors (Lipinski definition) is 1. The SMILES string of the molecule is Cc1ncnc(C)c1-c1cc(N)ccc1OC[C@@H]1CCCN1C(=O)OC(C)(C)C. The monoisotopic (exact) mass is 398 g/mol. The van der Waals surface area contributed by atoms with Gasteiger partial charge in [0.1, 0.15) is 24.3 Å². The Hall–Kier alpha value is -2.83. The number of rotatable bonds is 4. The van der Waals surface area contributed by atoms with Crippen molar-refractivity contribution >= 4 is 11.8 Å². The molecule has 0 unspecified atom stereocenters. The smallest absolute Gasteiger partial charge is 0.410 e. The van der Waals surface area contributed by atoms with Gasteiger partial charge in [-0.25, -0.2) is 14.8 Å². The molecule has 1 amide bonds. The normalized spacial score (nSPS) is 16.7. The lowest BCUT2D eigenvalue weighted by atomic mass is 10.0. The molecule has 3 rings (SSSR count). The fourth-order valence-corrected chi connectivity index (χ4v) is 3.61. The molecule has 1 aliphatic rings. The van der Waals surface area contributed by atoms with E-state index in [4.69, 9.17) is 15.2 Å². The molecule has 2 aromatic rings. The van der Waals surface area contributed by atoms with Crippen molar-refractivity contribution in [2.45, 2.75) is 59.1 Å². The van der Waals surface area contributed by atoms with Crippen LogP contribution in [0.4, 0.5) is 10.5 Å². The Morgan fingerprint density at radius 1 is 1.24 bits per heavy atom. The van der Waals surface area contributed by atoms with Gasteiger partial charge in [0.2, 0.25) is 0 Å². The van der Waals surface area contributed by atoms with Crippen LogP contribution in [0.15, 0.2) is 24.5 Å². The molecule has 1 aromatic carbocycles. The highest BCUT2D eigenvalue weighted by molar-refractivity contribution is 5.77. The summed E-state index contributed by atoms with van der Waals surface area (Å²) in [5.41, 5.74) is 9.68. The number of hydrogen-bond acceptors (Lipinski definition) is 6. The molecule has 1 atom stereocenters. The van der Waals surface area contributed by atoms with Crippen LogP contribution in [-0.2, 0) is 4.74 Å². The van der Waals surface area contributed by atoms with Crippen LogP contribution < -0.4 is 10.5 Å². The van der Waals surface area contributed by atoms with Gasteiger partial charge >= 0.3 is 6.09 Å². The molecule has 0 aliphatic carbocycles. The lowest BCUT2D eigenvalue weighted by Gasteiger charge is -2.28. The lowest BCUT2D eigenvalue weighted by Crippen LogP contribution is -2.42. The van der Waals surface area contributed by atoms with Crippen LogP contribution in [0.1, 0.15) is 45.0 Å². The molecular formula is C22H30N4O3. The maximum Gasteiger partial charge on any atom is 0.410 e. The zero-order valence-corrected chi connectivity index (χ0v) is 17.9. The van der Waals surface area contributed by atoms with E-state index in [9.17, 15) is 4.79 Å². The van der Waals surface area contributed by atoms with Gasteiger partial charge < -0.3 is 20.1 Å². The summed E-state index contributed by atoms with van der Waals surface area (Å²) >= 11 is 0. The number of carbonyl (C=O) groups is 1. The van der Waals surface area contributed by atoms with Crippen LogP contribution in [0.5, 0.6) is 5.75 Å². The van der Waals surface area contributed by atoms with Crippen molar-refractivity contribution in [3.8, 4) is 16.9 Å². The van der Waals surface area contributed by atoms with E-state index in [2.05, 4.69) is 9.97 Å². The highest BCUT2D eigenvalue weighted by atomic mass is 16.6. The molecule has 2 heterocycles. The van der Waals surface area contributed by atoms with Crippen molar-refractivity contribution in [3.05, 3.63) is 35.9 Å². The molecule has 0 radical (unpaired) electrons. The summed E-state index contributed by atoms with van der Waals surface area (Å²) in [7, 11) is 0. The van der Waals surface area contributed by atoms with Crippen LogP contribution >= 0.6 is 0 Å². The van der Waals surface area contributed by atoms with Gasteiger partial charge in [0.05, 0.1) is 6.04 Å². The molecule has 2 N–H and O–H groups in total. The summed E-state index contributed by atoms with van der Waals surface area (Å²) in [5, 5.41) is 0. The highest BCUT2D eigenvalue weighted by Gasteiger charge is 2.32. The van der Waals surface area contributed by atoms with Gasteiger partial charge in [-0.1, -0.05) is 0 Å². The fourth-order valence-electron chi connectivity index (χ4n) is 3.61. The number of carbonyl (C=O) groups excluding carboxylic acids is 1. The zero-order valence-electron chi connectivity index (χ0n) is 17.9. The number of amides is 1. The predicted molar refractivity (Wildman–Crippen MR) is 113 cm³/mol. The number of nitrogens with zero attached hydrogens (tertiary/aromatic N) is 3. The van der Waals surface area contributed by atoms with Crippen molar-refractivity contribution in [3.63, 3.8) is 0 Å². The topological polar surface area (TPSA) is 90.6 Å². The van der Waals surface area contributed by atoms with E-state index in [0.29, 0.717) is 24.6 Å². The van der Waals surface area contributed by atoms with E-state index in [1.165, 1.54) is 0 Å². The maximum absolute atomic E-state index is 12.5. The van der Waals surface area contributed by atoms with Gasteiger partial charge in [-0.15, -0.1) is 0 Å². The average molecular weight is 399 g/mol. The molecule has 7 nitrogen and oxygen atoms in total. The summed E-state index contributed by atoms with van der Waals surface area (Å²) < 4.78 is 11.7. The van der Waals surface area contributed by atoms with Crippen LogP contribution in [-0.4, -0.2) is 45.8 Å². The van der Waals surface area contributed by atoms with E-state index in [0.717, 1.165) is 35.4 Å². The van der Waals surface area contributed by atoms with E-state index in [1.54, 1.807) is 11.2 Å². The van der Waals surface area contributed by atoms with Crippen molar-refractivity contribution in [1.29, 1.82) is 0 Å². The Morgan fingerprint density at radius 3 is 2.59 bits per heavy atom. The summed E-state index contributed by atoms with van der Waals surface area (Å²) in [6.07, 6.45) is 3.09. The maximum atomic E-state index is 12.5. The summed E-state index contributed by atoms with van der Waals surface area (Å²) in [5.74, 6) is 0.705. The molecule has 29 heavy (non-hydrogen) atoms. The number of benzene rings is 1. The number of aryl methyl sites for hydroxylation is 2. The Kier molecular flexibility index (Phi) is 5.96. The largest absolute Gasteiger partial charge is 0.491 e. The molecule has 0 bridgehead atoms. The predicted octanol–water partition coefficient (Wildman–Crippen LogP) is 4.12. The Balaban J connectivity index is 1.80. The third-order valence-electron chi connectivity index (χ3n) is 4.94. The van der Waals surface area contributed by atoms with Crippen molar-refractivity contribution in [1.82, 2.24) is 14.9 Å². The number of nitrogen functional groups attached to an aromatic ring is 1. The second-order valence-corrected chi connectivity index (χ2v) is 8.46. The molecule has 1 fully saturated rings. The average Bonchev–Trinajstić information content (AvgIpc) is 3.08. The van der Waals surface area contributed by atoms with Crippen molar-refractivity contribution in [2.24, 2.45) is 0 Å². The minimum absolute atomic E-state index is 0.0236. The number of likely N-dealkylation sites (tertiary alicyclic amines) is 1. The summed E-state index contributed by atoms with van der Waals surface area (Å²) in [4.78, 5) is 22.9. The Labute approximate surface area is 172 Å². The number of aromatic nitrogens is 2. The quantitative estimate of drug-likeness (QED) is 0.779. The second-order valence-electron chi connectivity index (χ2n) is 8.46. The van der Waals surface area contributed by atoms with E-state index >= 15 is 0 Å². The molecule has 7 heteroatoms. The molecule has 156 valence electrons. The molecule has 1 aromatic heterocycles. The second kappa shape index (κ2) is 8.27. The number of ether oxygens (including phenoxy) is 2. The van der Waals surface area contributed by atoms with Gasteiger partial charge in [0, 0.05) is 34.7 Å². The minimum atomic E-state index is -0.516. The summed E-state index contributed by atoms with van der Waals surface area (Å²) in [6, 6.07) is 5.54. The molecule has 0 spiro atoms. The van der Waals surface area contributed by atoms with Crippen molar-refractivity contribution < 1.29 is 14.3 Å². The molecule has 1 saturated heterocycles. The van der Waals surface area contributed by atoms with Gasteiger partial charge in [-0.2, -0.15) is 0 Å². The Morgan fingerprint density at radius 2 is 1.93 bits per heavy atom. The standard InChI is InChI=1S/C22H30N4O3/c1-14-20(15(2)25-13-24-14)18-11-16(23)8-9-19(18)28-12-17-7-6-10-26(17)21(27)29-22(3,4)5/h8-9,11,13,17H,6-7,10,12,23H2,1-5H3/t17-/m0/s1. The third-order valence-corrected chi connectivity index (χ3v) is 4.94. The highest BCUT2D eigenvalue weighted by Crippen LogP contribution is 2.35. The van der Waals surface area contributed by atoms with Crippen LogP contribution in [0, 0.1) is 13.8 Å². The minimum Gasteiger partial charge on any atom is -0.491 e. The van der Waals surface area contributed by atoms with Gasteiger partial charge in [0.25, 0.3) is 0 Å². The van der Waals surface area contributed by atoms with Gasteiger partial charge in [0.15, 0.2) is 0 Å². The molecular weight excluding hydrogens is 368 g/mol. The van der Waals surface area contributed by atoms with Gasteiger partial charge in [-0.05, 0) is 65.7 Å². The first-order chi connectivity index (χ1) is 13.7. The van der Waals surface area contributed by atoms with Crippen LogP contribution in [0.3, 0.4) is 0 Å². The van der Waals surface area contributed by atoms with E-state index in [-0.39, 0.29) is 12.1 Å². The van der Waals surface area contributed by atoms with Crippen LogP contribution in [0.2, 0.25) is 0 Å². The summed E-state index contributed by atoms with van der Waals surface area (Å²) in [6.45, 7) is 10.6. The molecule has 1 aliphatic heterocycles. The fraction of sp³-hybridized carbons (Fsp3) is 0.500. The first-order valence-corrected chi connectivity index (χ1v) is 9.96. The first-order valence-electron chi connectivity index (χ1n) is 9.96. The first kappa shape index (κ1) is 20.9. The molecule has 0 saturated carbocycles. The van der Waals surface area contributed by atoms with Crippen molar-refractivity contribution in [2.75, 3.05) is 18.9 Å². The zero-order chi connectivity index (χ0) is 21.2. The lowest BCUT2D eigenvalue weighted by molar-refractivity contribution is 0.0188. The van der Waals surface area contributed by atoms with Crippen LogP contribution in [0.25, 0.3) is 11.1 Å². The Bertz CT molecular complexity index is 872. The van der Waals surface area contributed by atoms with Gasteiger partial charge in [-0.3, -0.25) is 0 Å². The number of nitrogens with two attached hydrogens (primary N) is 1. The van der Waals surface area contributed by atoms with E-state index < -0.39 is 5.60 Å².